The molecule has 33 heavy (non-hydrogen) atoms. The molecule has 0 radical (unpaired) electrons. The highest BCUT2D eigenvalue weighted by Crippen LogP contribution is 2.40. The Morgan fingerprint density at radius 1 is 1.09 bits per heavy atom. The first-order valence-electron chi connectivity index (χ1n) is 10.4. The summed E-state index contributed by atoms with van der Waals surface area (Å²) in [6, 6.07) is 5.60. The second kappa shape index (κ2) is 9.27. The number of carbonyl (C=O) groups excluding carboxylic acids is 1. The first-order chi connectivity index (χ1) is 15.6. The molecular formula is C21H23Cl2FN4O4S. The van der Waals surface area contributed by atoms with Gasteiger partial charge in [-0.15, -0.1) is 0 Å². The average Bonchev–Trinajstić information content (AvgIpc) is 3.21. The van der Waals surface area contributed by atoms with Crippen LogP contribution >= 0.6 is 23.2 Å². The largest absolute Gasteiger partial charge is 0.504 e. The zero-order chi connectivity index (χ0) is 23.8. The van der Waals surface area contributed by atoms with Crippen LogP contribution in [-0.4, -0.2) is 49.0 Å². The molecule has 2 aromatic rings. The predicted molar refractivity (Wildman–Crippen MR) is 125 cm³/mol. The molecule has 2 saturated heterocycles. The van der Waals surface area contributed by atoms with Crippen LogP contribution < -0.4 is 16.0 Å². The zero-order valence-corrected chi connectivity index (χ0v) is 19.8. The lowest BCUT2D eigenvalue weighted by Crippen LogP contribution is -2.51. The van der Waals surface area contributed by atoms with E-state index in [0.717, 1.165) is 25.5 Å². The number of anilines is 2. The molecule has 0 saturated carbocycles. The van der Waals surface area contributed by atoms with E-state index in [-0.39, 0.29) is 27.0 Å². The third kappa shape index (κ3) is 4.76. The molecule has 0 unspecified atom stereocenters. The molecule has 2 aromatic carbocycles. The maximum atomic E-state index is 13.6. The van der Waals surface area contributed by atoms with Crippen molar-refractivity contribution in [1.82, 2.24) is 9.62 Å². The van der Waals surface area contributed by atoms with Gasteiger partial charge in [0.05, 0.1) is 21.4 Å². The van der Waals surface area contributed by atoms with Crippen LogP contribution in [0.25, 0.3) is 0 Å². The molecule has 0 aromatic heterocycles. The molecule has 2 aliphatic heterocycles. The molecule has 4 N–H and O–H groups in total. The summed E-state index contributed by atoms with van der Waals surface area (Å²) in [6.07, 6.45) is 3.41. The van der Waals surface area contributed by atoms with E-state index >= 15 is 0 Å². The minimum Gasteiger partial charge on any atom is -0.504 e. The molecule has 12 heteroatoms. The predicted octanol–water partition coefficient (Wildman–Crippen LogP) is 4.39. The third-order valence-corrected chi connectivity index (χ3v) is 8.93. The molecule has 0 atom stereocenters. The van der Waals surface area contributed by atoms with Gasteiger partial charge in [-0.1, -0.05) is 29.3 Å². The quantitative estimate of drug-likeness (QED) is 0.450. The number of hydrogen-bond donors (Lipinski definition) is 4. The van der Waals surface area contributed by atoms with Gasteiger partial charge in [-0.25, -0.2) is 17.6 Å². The molecular weight excluding hydrogens is 494 g/mol. The topological polar surface area (TPSA) is 111 Å². The summed E-state index contributed by atoms with van der Waals surface area (Å²) < 4.78 is 41.5. The number of urea groups is 1. The van der Waals surface area contributed by atoms with Crippen molar-refractivity contribution in [3.63, 3.8) is 0 Å². The number of phenolic OH excluding ortho intramolecular Hbond substituents is 1. The Morgan fingerprint density at radius 2 is 1.79 bits per heavy atom. The maximum Gasteiger partial charge on any atom is 0.323 e. The average molecular weight is 517 g/mol. The number of carbonyl (C=O) groups is 1. The van der Waals surface area contributed by atoms with Crippen molar-refractivity contribution in [3.05, 3.63) is 46.2 Å². The monoisotopic (exact) mass is 516 g/mol. The number of sulfonamides is 1. The normalized spacial score (nSPS) is 18.4. The summed E-state index contributed by atoms with van der Waals surface area (Å²) in [5.41, 5.74) is -0.190. The van der Waals surface area contributed by atoms with E-state index in [1.165, 1.54) is 28.6 Å². The fourth-order valence-corrected chi connectivity index (χ4v) is 6.56. The highest BCUT2D eigenvalue weighted by Gasteiger charge is 2.41. The molecule has 0 aliphatic carbocycles. The van der Waals surface area contributed by atoms with E-state index in [1.807, 2.05) is 0 Å². The minimum absolute atomic E-state index is 0.0123. The van der Waals surface area contributed by atoms with Gasteiger partial charge in [0.2, 0.25) is 10.0 Å². The number of aromatic hydroxyl groups is 1. The Labute approximate surface area is 201 Å². The summed E-state index contributed by atoms with van der Waals surface area (Å²) in [5, 5.41) is 18.5. The highest BCUT2D eigenvalue weighted by atomic mass is 35.5. The first-order valence-corrected chi connectivity index (χ1v) is 12.6. The summed E-state index contributed by atoms with van der Waals surface area (Å²) in [5.74, 6) is -1.39. The van der Waals surface area contributed by atoms with Crippen LogP contribution in [0.2, 0.25) is 10.0 Å². The van der Waals surface area contributed by atoms with Crippen molar-refractivity contribution in [2.24, 2.45) is 0 Å². The Hall–Kier alpha value is -2.11. The van der Waals surface area contributed by atoms with Gasteiger partial charge in [-0.3, -0.25) is 0 Å². The number of piperidine rings is 1. The Bertz CT molecular complexity index is 1180. The molecule has 0 bridgehead atoms. The van der Waals surface area contributed by atoms with Crippen LogP contribution in [0.1, 0.15) is 25.7 Å². The summed E-state index contributed by atoms with van der Waals surface area (Å²) in [4.78, 5) is 11.9. The lowest BCUT2D eigenvalue weighted by molar-refractivity contribution is 0.213. The van der Waals surface area contributed by atoms with Gasteiger partial charge in [-0.05, 0) is 56.5 Å². The van der Waals surface area contributed by atoms with Crippen LogP contribution in [0, 0.1) is 5.82 Å². The van der Waals surface area contributed by atoms with Gasteiger partial charge in [-0.2, -0.15) is 4.31 Å². The third-order valence-electron chi connectivity index (χ3n) is 6.14. The lowest BCUT2D eigenvalue weighted by atomic mass is 9.87. The Balaban J connectivity index is 1.54. The molecule has 1 spiro atoms. The van der Waals surface area contributed by atoms with Gasteiger partial charge in [0, 0.05) is 18.6 Å². The number of amides is 2. The van der Waals surface area contributed by atoms with Crippen LogP contribution in [0.15, 0.2) is 35.2 Å². The smallest absolute Gasteiger partial charge is 0.323 e. The van der Waals surface area contributed by atoms with Gasteiger partial charge in [0.25, 0.3) is 0 Å². The van der Waals surface area contributed by atoms with Gasteiger partial charge >= 0.3 is 6.03 Å². The van der Waals surface area contributed by atoms with Crippen molar-refractivity contribution < 1.29 is 22.7 Å². The Kier molecular flexibility index (Phi) is 6.75. The van der Waals surface area contributed by atoms with Crippen LogP contribution in [0.5, 0.6) is 5.75 Å². The first kappa shape index (κ1) is 24.0. The summed E-state index contributed by atoms with van der Waals surface area (Å²) >= 11 is 12.0. The molecule has 2 aliphatic rings. The Morgan fingerprint density at radius 3 is 2.45 bits per heavy atom. The molecule has 8 nitrogen and oxygen atoms in total. The minimum atomic E-state index is -4.12. The van der Waals surface area contributed by atoms with Gasteiger partial charge in [0.15, 0.2) is 5.75 Å². The fourth-order valence-electron chi connectivity index (χ4n) is 4.35. The fraction of sp³-hybridized carbons (Fsp3) is 0.381. The number of rotatable bonds is 4. The van der Waals surface area contributed by atoms with Crippen molar-refractivity contribution in [2.45, 2.75) is 36.1 Å². The zero-order valence-electron chi connectivity index (χ0n) is 17.5. The number of phenols is 1. The number of halogens is 3. The number of benzene rings is 2. The van der Waals surface area contributed by atoms with Gasteiger partial charge in [0.1, 0.15) is 10.7 Å². The van der Waals surface area contributed by atoms with E-state index in [0.29, 0.717) is 25.9 Å². The second-order valence-corrected chi connectivity index (χ2v) is 10.8. The maximum absolute atomic E-state index is 13.6. The molecule has 2 fully saturated rings. The number of nitrogens with one attached hydrogen (secondary N) is 3. The van der Waals surface area contributed by atoms with Crippen molar-refractivity contribution >= 4 is 50.6 Å². The summed E-state index contributed by atoms with van der Waals surface area (Å²) in [7, 11) is -4.12. The highest BCUT2D eigenvalue weighted by molar-refractivity contribution is 7.89. The SMILES string of the molecule is O=C(Nc1ccc(Cl)c(S(=O)(=O)N2CCC3(CCCN3)CC2)c1O)Nc1cccc(F)c1Cl. The lowest BCUT2D eigenvalue weighted by Gasteiger charge is -2.39. The van der Waals surface area contributed by atoms with Crippen molar-refractivity contribution in [1.29, 1.82) is 0 Å². The van der Waals surface area contributed by atoms with Crippen molar-refractivity contribution in [2.75, 3.05) is 30.3 Å². The van der Waals surface area contributed by atoms with E-state index in [4.69, 9.17) is 23.2 Å². The van der Waals surface area contributed by atoms with Crippen LogP contribution in [0.4, 0.5) is 20.6 Å². The standard InChI is InChI=1S/C21H23Cl2FN4O4S/c22-13-5-6-16(27-20(30)26-15-4-1-3-14(24)17(15)23)18(29)19(13)33(31,32)28-11-8-21(9-12-28)7-2-10-25-21/h1,3-6,25,29H,2,7-12H2,(H2,26,27,30). The second-order valence-electron chi connectivity index (χ2n) is 8.17. The molecule has 2 amide bonds. The molecule has 178 valence electrons. The summed E-state index contributed by atoms with van der Waals surface area (Å²) in [6.45, 7) is 1.51. The van der Waals surface area contributed by atoms with E-state index in [1.54, 1.807) is 0 Å². The number of nitrogens with zero attached hydrogens (tertiary/aromatic N) is 1. The van der Waals surface area contributed by atoms with Crippen LogP contribution in [-0.2, 0) is 10.0 Å². The van der Waals surface area contributed by atoms with Gasteiger partial charge < -0.3 is 21.1 Å². The van der Waals surface area contributed by atoms with E-state index < -0.39 is 32.5 Å². The van der Waals surface area contributed by atoms with E-state index in [9.17, 15) is 22.7 Å². The molecule has 2 heterocycles. The van der Waals surface area contributed by atoms with Crippen LogP contribution in [0.3, 0.4) is 0 Å². The van der Waals surface area contributed by atoms with Crippen molar-refractivity contribution in [3.8, 4) is 5.75 Å². The molecule has 4 rings (SSSR count). The van der Waals surface area contributed by atoms with E-state index in [2.05, 4.69) is 16.0 Å². The number of hydrogen-bond acceptors (Lipinski definition) is 5.